The number of nitrogens with zero attached hydrogens (tertiary/aromatic N) is 3. The lowest BCUT2D eigenvalue weighted by Crippen LogP contribution is -2.44. The number of aromatic nitrogens is 2. The molecule has 31 heavy (non-hydrogen) atoms. The summed E-state index contributed by atoms with van der Waals surface area (Å²) in [6.07, 6.45) is -3.27. The first-order valence-electron chi connectivity index (χ1n) is 9.90. The number of hydrogen-bond acceptors (Lipinski definition) is 5. The number of benzene rings is 1. The Balaban J connectivity index is 1.80. The average molecular weight is 437 g/mol. The molecule has 1 unspecified atom stereocenters. The van der Waals surface area contributed by atoms with E-state index in [-0.39, 0.29) is 24.3 Å². The van der Waals surface area contributed by atoms with Crippen molar-refractivity contribution in [2.24, 2.45) is 5.92 Å². The number of nitrogens with one attached hydrogen (secondary N) is 1. The molecule has 168 valence electrons. The Hall–Kier alpha value is -3.17. The number of alkyl halides is 3. The number of fused-ring (bicyclic) bond motifs is 1. The molecule has 0 spiro atoms. The molecule has 1 aliphatic rings. The third kappa shape index (κ3) is 4.78. The number of amides is 1. The molecule has 0 saturated carbocycles. The summed E-state index contributed by atoms with van der Waals surface area (Å²) < 4.78 is 39.1. The molecule has 0 fully saturated rings. The number of carbonyl (C=O) groups excluding carboxylic acids is 1. The molecular formula is C21H24F3N4O3-. The minimum Gasteiger partial charge on any atom is -0.411 e. The van der Waals surface area contributed by atoms with Crippen molar-refractivity contribution in [1.29, 1.82) is 0 Å². The highest BCUT2D eigenvalue weighted by Crippen LogP contribution is 2.29. The van der Waals surface area contributed by atoms with Crippen LogP contribution >= 0.6 is 0 Å². The largest absolute Gasteiger partial charge is 0.414 e. The molecule has 7 nitrogen and oxygen atoms in total. The molecule has 1 aromatic carbocycles. The number of halogens is 3. The molecule has 3 rings (SSSR count). The Morgan fingerprint density at radius 2 is 2.00 bits per heavy atom. The second kappa shape index (κ2) is 8.91. The van der Waals surface area contributed by atoms with E-state index in [1.165, 1.54) is 25.8 Å². The zero-order valence-corrected chi connectivity index (χ0v) is 17.5. The van der Waals surface area contributed by atoms with Crippen molar-refractivity contribution >= 4 is 11.9 Å². The maximum atomic E-state index is 12.9. The number of rotatable bonds is 6. The van der Waals surface area contributed by atoms with Crippen molar-refractivity contribution in [2.45, 2.75) is 39.4 Å². The van der Waals surface area contributed by atoms with Gasteiger partial charge in [-0.15, -0.1) is 16.9 Å². The first-order chi connectivity index (χ1) is 14.7. The summed E-state index contributed by atoms with van der Waals surface area (Å²) in [5.74, 6) is -0.0272. The van der Waals surface area contributed by atoms with E-state index in [4.69, 9.17) is 4.84 Å². The van der Waals surface area contributed by atoms with E-state index in [0.29, 0.717) is 36.2 Å². The predicted octanol–water partition coefficient (Wildman–Crippen LogP) is 2.87. The molecule has 1 aromatic heterocycles. The van der Waals surface area contributed by atoms with Crippen LogP contribution in [0.1, 0.15) is 42.7 Å². The van der Waals surface area contributed by atoms with E-state index >= 15 is 0 Å². The highest BCUT2D eigenvalue weighted by atomic mass is 19.4. The number of carbonyl (C=O) groups is 1. The summed E-state index contributed by atoms with van der Waals surface area (Å²) in [4.78, 5) is 36.7. The van der Waals surface area contributed by atoms with Crippen LogP contribution in [0.25, 0.3) is 0 Å². The van der Waals surface area contributed by atoms with E-state index in [1.54, 1.807) is 4.90 Å². The van der Waals surface area contributed by atoms with E-state index < -0.39 is 17.3 Å². The monoisotopic (exact) mass is 437 g/mol. The van der Waals surface area contributed by atoms with Gasteiger partial charge in [0.15, 0.2) is 0 Å². The Kier molecular flexibility index (Phi) is 6.47. The standard InChI is InChI=1S/C21H24F3N4O3/c1-4-13(2)18(29)27-10-9-17-16(12-27)19(30)28(31-3)20(26-17)25-11-14-5-7-15(8-6-14)21(22,23)24/h5-8,11,13H,4,9-10,12H2,1-3H3,(H,25,26)/q-1. The van der Waals surface area contributed by atoms with Crippen molar-refractivity contribution in [1.82, 2.24) is 14.6 Å². The third-order valence-corrected chi connectivity index (χ3v) is 5.33. The molecule has 0 bridgehead atoms. The minimum atomic E-state index is -4.41. The summed E-state index contributed by atoms with van der Waals surface area (Å²) in [5, 5.41) is 2.83. The maximum Gasteiger partial charge on any atom is 0.414 e. The van der Waals surface area contributed by atoms with Gasteiger partial charge in [0.1, 0.15) is 7.11 Å². The molecule has 1 amide bonds. The van der Waals surface area contributed by atoms with Gasteiger partial charge in [0, 0.05) is 24.4 Å². The highest BCUT2D eigenvalue weighted by Gasteiger charge is 2.29. The molecule has 0 radical (unpaired) electrons. The van der Waals surface area contributed by atoms with Crippen LogP contribution in [0.2, 0.25) is 0 Å². The van der Waals surface area contributed by atoms with Crippen molar-refractivity contribution in [2.75, 3.05) is 19.0 Å². The van der Waals surface area contributed by atoms with E-state index in [0.717, 1.165) is 16.9 Å². The summed E-state index contributed by atoms with van der Waals surface area (Å²) in [5.41, 5.74) is 0.243. The second-order valence-electron chi connectivity index (χ2n) is 7.37. The van der Waals surface area contributed by atoms with Crippen molar-refractivity contribution in [3.05, 3.63) is 63.5 Å². The van der Waals surface area contributed by atoms with Crippen LogP contribution < -0.4 is 15.7 Å². The fourth-order valence-electron chi connectivity index (χ4n) is 3.31. The third-order valence-electron chi connectivity index (χ3n) is 5.33. The lowest BCUT2D eigenvalue weighted by molar-refractivity contribution is -0.137. The van der Waals surface area contributed by atoms with E-state index in [9.17, 15) is 22.8 Å². The van der Waals surface area contributed by atoms with Crippen LogP contribution in [-0.2, 0) is 23.9 Å². The Labute approximate surface area is 177 Å². The Morgan fingerprint density at radius 3 is 2.58 bits per heavy atom. The van der Waals surface area contributed by atoms with Gasteiger partial charge in [0.05, 0.1) is 17.8 Å². The van der Waals surface area contributed by atoms with Gasteiger partial charge >= 0.3 is 6.18 Å². The first kappa shape index (κ1) is 22.5. The molecule has 2 heterocycles. The second-order valence-corrected chi connectivity index (χ2v) is 7.37. The molecular weight excluding hydrogens is 413 g/mol. The van der Waals surface area contributed by atoms with Gasteiger partial charge in [-0.25, -0.2) is 4.98 Å². The van der Waals surface area contributed by atoms with Crippen molar-refractivity contribution < 1.29 is 22.8 Å². The fourth-order valence-corrected chi connectivity index (χ4v) is 3.31. The quantitative estimate of drug-likeness (QED) is 0.704. The van der Waals surface area contributed by atoms with Crippen LogP contribution in [0.5, 0.6) is 0 Å². The van der Waals surface area contributed by atoms with E-state index in [1.807, 2.05) is 13.8 Å². The number of anilines is 1. The normalized spacial score (nSPS) is 14.6. The molecule has 0 saturated heterocycles. The zero-order chi connectivity index (χ0) is 22.8. The van der Waals surface area contributed by atoms with Gasteiger partial charge in [0.2, 0.25) is 11.9 Å². The van der Waals surface area contributed by atoms with Gasteiger partial charge in [0.25, 0.3) is 5.56 Å². The zero-order valence-electron chi connectivity index (χ0n) is 17.5. The van der Waals surface area contributed by atoms with Gasteiger partial charge in [-0.1, -0.05) is 20.4 Å². The molecule has 1 aliphatic heterocycles. The first-order valence-corrected chi connectivity index (χ1v) is 9.90. The van der Waals surface area contributed by atoms with E-state index in [2.05, 4.69) is 10.3 Å². The van der Waals surface area contributed by atoms with Gasteiger partial charge in [-0.05, 0) is 6.42 Å². The molecule has 0 aliphatic carbocycles. The minimum absolute atomic E-state index is 0.00523. The highest BCUT2D eigenvalue weighted by molar-refractivity contribution is 5.78. The SMILES string of the molecule is CCC(C)C(=O)N1CCc2nc(N[CH-]c3ccc(C(F)(F)F)cc3)n(OC)c(=O)c2C1. The summed E-state index contributed by atoms with van der Waals surface area (Å²) in [6, 6.07) is 4.56. The lowest BCUT2D eigenvalue weighted by atomic mass is 10.0. The molecule has 1 atom stereocenters. The smallest absolute Gasteiger partial charge is 0.411 e. The fraction of sp³-hybridized carbons (Fsp3) is 0.429. The van der Waals surface area contributed by atoms with Crippen LogP contribution in [0.3, 0.4) is 0 Å². The molecule has 10 heteroatoms. The van der Waals surface area contributed by atoms with Gasteiger partial charge in [-0.3, -0.25) is 9.59 Å². The predicted molar refractivity (Wildman–Crippen MR) is 108 cm³/mol. The van der Waals surface area contributed by atoms with Gasteiger partial charge in [-0.2, -0.15) is 30.9 Å². The van der Waals surface area contributed by atoms with Crippen molar-refractivity contribution in [3.63, 3.8) is 0 Å². The van der Waals surface area contributed by atoms with Crippen LogP contribution in [0, 0.1) is 12.5 Å². The number of hydrogen-bond donors (Lipinski definition) is 1. The summed E-state index contributed by atoms with van der Waals surface area (Å²) in [6.45, 7) is 5.85. The molecule has 2 aromatic rings. The Morgan fingerprint density at radius 1 is 1.32 bits per heavy atom. The van der Waals surface area contributed by atoms with Crippen molar-refractivity contribution in [3.8, 4) is 0 Å². The summed E-state index contributed by atoms with van der Waals surface area (Å²) >= 11 is 0. The van der Waals surface area contributed by atoms with Crippen LogP contribution in [0.15, 0.2) is 29.1 Å². The Bertz CT molecular complexity index is 1000. The maximum absolute atomic E-state index is 12.9. The van der Waals surface area contributed by atoms with Crippen LogP contribution in [0.4, 0.5) is 19.1 Å². The average Bonchev–Trinajstić information content (AvgIpc) is 2.76. The van der Waals surface area contributed by atoms with Crippen LogP contribution in [-0.4, -0.2) is 34.2 Å². The lowest BCUT2D eigenvalue weighted by Gasteiger charge is -2.30. The summed E-state index contributed by atoms with van der Waals surface area (Å²) in [7, 11) is 1.31. The van der Waals surface area contributed by atoms with Gasteiger partial charge < -0.3 is 15.1 Å². The molecule has 1 N–H and O–H groups in total. The topological polar surface area (TPSA) is 76.5 Å².